The molecular formula is C29H39N3O8. The smallest absolute Gasteiger partial charge is 0.409 e. The Labute approximate surface area is 234 Å². The van der Waals surface area contributed by atoms with Crippen molar-refractivity contribution >= 4 is 17.7 Å². The van der Waals surface area contributed by atoms with Crippen LogP contribution in [0.2, 0.25) is 0 Å². The van der Waals surface area contributed by atoms with Gasteiger partial charge in [-0.25, -0.2) is 4.79 Å². The Balaban J connectivity index is 1.77. The Morgan fingerprint density at radius 1 is 1.23 bits per heavy atom. The first-order valence-corrected chi connectivity index (χ1v) is 13.4. The van der Waals surface area contributed by atoms with E-state index >= 15 is 0 Å². The molecule has 11 nitrogen and oxygen atoms in total. The first-order chi connectivity index (χ1) is 18.9. The molecule has 11 heteroatoms. The first kappa shape index (κ1) is 29.7. The standard InChI is InChI=1S/C29H39N3O8/c1-16-9-8-10-24(38-7)29(31-36)15-22(39-27(35)30-29)18(3)26-28(4,40-26)23(33)14-25(34)32(5)20-12-19(11-16)13-21(37-6)17(20)2/h8-10,12-13,18,22-24,26,33H,11,14-15H2,1-7H3,(H,30,35)/b10-8+,16-9+. The Kier molecular flexibility index (Phi) is 8.39. The van der Waals surface area contributed by atoms with Crippen molar-refractivity contribution in [1.82, 2.24) is 5.32 Å². The number of rotatable bonds is 3. The summed E-state index contributed by atoms with van der Waals surface area (Å²) in [6, 6.07) is 3.87. The molecule has 3 heterocycles. The van der Waals surface area contributed by atoms with Gasteiger partial charge in [-0.1, -0.05) is 30.7 Å². The fraction of sp³-hybridized carbons (Fsp3) is 0.586. The van der Waals surface area contributed by atoms with Gasteiger partial charge in [-0.3, -0.25) is 10.1 Å². The third kappa shape index (κ3) is 5.50. The van der Waals surface area contributed by atoms with Crippen molar-refractivity contribution in [2.45, 2.75) is 82.6 Å². The van der Waals surface area contributed by atoms with Crippen molar-refractivity contribution in [2.24, 2.45) is 11.1 Å². The number of epoxide rings is 1. The van der Waals surface area contributed by atoms with Crippen LogP contribution in [0.15, 0.2) is 41.1 Å². The molecule has 2 fully saturated rings. The van der Waals surface area contributed by atoms with Crippen LogP contribution in [0.1, 0.15) is 44.7 Å². The van der Waals surface area contributed by atoms with E-state index in [4.69, 9.17) is 18.9 Å². The van der Waals surface area contributed by atoms with E-state index in [1.807, 2.05) is 39.0 Å². The monoisotopic (exact) mass is 557 g/mol. The zero-order valence-electron chi connectivity index (χ0n) is 24.1. The van der Waals surface area contributed by atoms with E-state index in [1.165, 1.54) is 12.0 Å². The summed E-state index contributed by atoms with van der Waals surface area (Å²) in [6.45, 7) is 7.40. The van der Waals surface area contributed by atoms with Gasteiger partial charge in [0.15, 0.2) is 0 Å². The Morgan fingerprint density at radius 2 is 1.95 bits per heavy atom. The van der Waals surface area contributed by atoms with Crippen molar-refractivity contribution in [1.29, 1.82) is 0 Å². The number of benzene rings is 1. The normalized spacial score (nSPS) is 36.9. The van der Waals surface area contributed by atoms with Gasteiger partial charge in [0, 0.05) is 32.1 Å². The molecule has 7 atom stereocenters. The van der Waals surface area contributed by atoms with Crippen LogP contribution >= 0.6 is 0 Å². The number of carbonyl (C=O) groups is 2. The Morgan fingerprint density at radius 3 is 2.60 bits per heavy atom. The number of hydrogen-bond acceptors (Lipinski definition) is 9. The third-order valence-corrected chi connectivity index (χ3v) is 8.46. The number of fused-ring (bicyclic) bond motifs is 5. The third-order valence-electron chi connectivity index (χ3n) is 8.46. The summed E-state index contributed by atoms with van der Waals surface area (Å²) < 4.78 is 22.7. The second-order valence-corrected chi connectivity index (χ2v) is 11.2. The number of aliphatic hydroxyl groups excluding tert-OH is 1. The molecule has 40 heavy (non-hydrogen) atoms. The number of methoxy groups -OCH3 is 2. The SMILES string of the molecule is COc1cc2cc(c1C)N(C)C(=O)CC(O)C1(C)OC1C(C)C1CC(N=O)(NC(=O)O1)C(OC)/C=C/C=C(\C)C2. The minimum absolute atomic E-state index is 0.0353. The molecule has 0 spiro atoms. The second-order valence-electron chi connectivity index (χ2n) is 11.2. The number of allylic oxidation sites excluding steroid dienone is 3. The van der Waals surface area contributed by atoms with Crippen LogP contribution in [-0.4, -0.2) is 74.1 Å². The minimum atomic E-state index is -1.61. The molecule has 3 aliphatic heterocycles. The predicted molar refractivity (Wildman–Crippen MR) is 148 cm³/mol. The lowest BCUT2D eigenvalue weighted by Gasteiger charge is -2.40. The molecule has 1 aromatic rings. The molecule has 2 amide bonds. The summed E-state index contributed by atoms with van der Waals surface area (Å²) >= 11 is 0. The lowest BCUT2D eigenvalue weighted by atomic mass is 9.83. The minimum Gasteiger partial charge on any atom is -0.496 e. The maximum atomic E-state index is 13.3. The molecule has 7 unspecified atom stereocenters. The number of anilines is 1. The average molecular weight is 558 g/mol. The van der Waals surface area contributed by atoms with E-state index in [0.29, 0.717) is 17.9 Å². The number of aliphatic hydroxyl groups is 1. The van der Waals surface area contributed by atoms with Crippen LogP contribution in [0, 0.1) is 17.7 Å². The number of nitrogens with zero attached hydrogens (tertiary/aromatic N) is 2. The van der Waals surface area contributed by atoms with Crippen LogP contribution in [0.4, 0.5) is 10.5 Å². The number of nitrogens with one attached hydrogen (secondary N) is 1. The van der Waals surface area contributed by atoms with Crippen LogP contribution in [-0.2, 0) is 25.4 Å². The van der Waals surface area contributed by atoms with Crippen LogP contribution in [0.5, 0.6) is 5.75 Å². The highest BCUT2D eigenvalue weighted by atomic mass is 16.6. The van der Waals surface area contributed by atoms with Crippen molar-refractivity contribution in [3.63, 3.8) is 0 Å². The summed E-state index contributed by atoms with van der Waals surface area (Å²) in [7, 11) is 4.71. The van der Waals surface area contributed by atoms with E-state index in [-0.39, 0.29) is 18.7 Å². The van der Waals surface area contributed by atoms with Gasteiger partial charge in [0.1, 0.15) is 23.6 Å². The predicted octanol–water partition coefficient (Wildman–Crippen LogP) is 3.55. The quantitative estimate of drug-likeness (QED) is 0.425. The second kappa shape index (κ2) is 11.3. The highest BCUT2D eigenvalue weighted by Crippen LogP contribution is 2.48. The molecule has 0 aliphatic carbocycles. The first-order valence-electron chi connectivity index (χ1n) is 13.4. The van der Waals surface area contributed by atoms with E-state index in [2.05, 4.69) is 10.5 Å². The number of nitroso groups, excluding NO2 is 1. The highest BCUT2D eigenvalue weighted by molar-refractivity contribution is 5.94. The van der Waals surface area contributed by atoms with Gasteiger partial charge >= 0.3 is 6.09 Å². The lowest BCUT2D eigenvalue weighted by molar-refractivity contribution is -0.121. The molecule has 0 radical (unpaired) electrons. The summed E-state index contributed by atoms with van der Waals surface area (Å²) in [5.41, 5.74) is 0.768. The zero-order chi connectivity index (χ0) is 29.4. The molecule has 1 aromatic carbocycles. The maximum Gasteiger partial charge on any atom is 0.409 e. The number of alkyl carbamates (subject to hydrolysis) is 1. The van der Waals surface area contributed by atoms with Crippen LogP contribution in [0.3, 0.4) is 0 Å². The highest BCUT2D eigenvalue weighted by Gasteiger charge is 2.63. The summed E-state index contributed by atoms with van der Waals surface area (Å²) in [5, 5.41) is 17.0. The van der Waals surface area contributed by atoms with E-state index in [9.17, 15) is 19.6 Å². The topological polar surface area (TPSA) is 139 Å². The van der Waals surface area contributed by atoms with E-state index in [0.717, 1.165) is 16.7 Å². The van der Waals surface area contributed by atoms with Gasteiger partial charge in [0.05, 0.1) is 31.4 Å². The van der Waals surface area contributed by atoms with Gasteiger partial charge in [-0.2, -0.15) is 0 Å². The molecule has 218 valence electrons. The van der Waals surface area contributed by atoms with Gasteiger partial charge < -0.3 is 29.0 Å². The van der Waals surface area contributed by atoms with E-state index < -0.39 is 47.7 Å². The number of amides is 2. The molecule has 2 saturated heterocycles. The van der Waals surface area contributed by atoms with E-state index in [1.54, 1.807) is 33.2 Å². The molecule has 0 saturated carbocycles. The van der Waals surface area contributed by atoms with Gasteiger partial charge in [0.25, 0.3) is 0 Å². The Hall–Kier alpha value is -3.28. The van der Waals surface area contributed by atoms with Crippen molar-refractivity contribution < 1.29 is 33.6 Å². The van der Waals surface area contributed by atoms with Crippen molar-refractivity contribution in [3.05, 3.63) is 52.0 Å². The van der Waals surface area contributed by atoms with Crippen LogP contribution in [0.25, 0.3) is 0 Å². The Bertz CT molecular complexity index is 1230. The number of ether oxygens (including phenoxy) is 4. The molecule has 0 aromatic heterocycles. The average Bonchev–Trinajstić information content (AvgIpc) is 3.62. The fourth-order valence-electron chi connectivity index (χ4n) is 5.83. The van der Waals surface area contributed by atoms with Gasteiger partial charge in [-0.15, -0.1) is 4.91 Å². The maximum absolute atomic E-state index is 13.3. The number of carbonyl (C=O) groups excluding carboxylic acids is 2. The van der Waals surface area contributed by atoms with Crippen LogP contribution < -0.4 is 15.0 Å². The van der Waals surface area contributed by atoms with Crippen molar-refractivity contribution in [3.8, 4) is 5.75 Å². The van der Waals surface area contributed by atoms with Gasteiger partial charge in [-0.05, 0) is 50.1 Å². The summed E-state index contributed by atoms with van der Waals surface area (Å²) in [5.74, 6) is -0.0465. The van der Waals surface area contributed by atoms with Gasteiger partial charge in [0.2, 0.25) is 11.6 Å². The molecule has 2 N–H and O–H groups in total. The summed E-state index contributed by atoms with van der Waals surface area (Å²) in [4.78, 5) is 39.7. The molecule has 3 aliphatic rings. The molecule has 4 rings (SSSR count). The largest absolute Gasteiger partial charge is 0.496 e. The molecule has 4 bridgehead atoms. The van der Waals surface area contributed by atoms with Crippen molar-refractivity contribution in [2.75, 3.05) is 26.2 Å². The lowest BCUT2D eigenvalue weighted by Crippen LogP contribution is -2.62. The molecular weight excluding hydrogens is 518 g/mol. The zero-order valence-corrected chi connectivity index (χ0v) is 24.1. The summed E-state index contributed by atoms with van der Waals surface area (Å²) in [6.07, 6.45) is 1.72. The fourth-order valence-corrected chi connectivity index (χ4v) is 5.83. The number of hydrogen-bond donors (Lipinski definition) is 2.